The van der Waals surface area contributed by atoms with Crippen molar-refractivity contribution in [1.82, 2.24) is 4.98 Å². The van der Waals surface area contributed by atoms with Crippen LogP contribution in [0.2, 0.25) is 5.02 Å². The fourth-order valence-corrected chi connectivity index (χ4v) is 1.59. The van der Waals surface area contributed by atoms with Crippen molar-refractivity contribution < 1.29 is 4.74 Å². The molecule has 0 atom stereocenters. The summed E-state index contributed by atoms with van der Waals surface area (Å²) in [5, 5.41) is 0.596. The molecule has 14 heavy (non-hydrogen) atoms. The number of aromatic nitrogens is 1. The highest BCUT2D eigenvalue weighted by Gasteiger charge is 2.22. The zero-order chi connectivity index (χ0) is 9.97. The molecule has 1 aliphatic rings. The maximum Gasteiger partial charge on any atom is 0.213 e. The van der Waals surface area contributed by atoms with Crippen molar-refractivity contribution >= 4 is 23.2 Å². The third-order valence-corrected chi connectivity index (χ3v) is 2.85. The Kier molecular flexibility index (Phi) is 3.14. The van der Waals surface area contributed by atoms with Crippen molar-refractivity contribution in [3.63, 3.8) is 0 Å². The minimum absolute atomic E-state index is 0.390. The van der Waals surface area contributed by atoms with Crippen LogP contribution in [0.3, 0.4) is 0 Å². The lowest BCUT2D eigenvalue weighted by atomic mass is 10.3. The van der Waals surface area contributed by atoms with Gasteiger partial charge in [-0.25, -0.2) is 4.98 Å². The Morgan fingerprint density at radius 3 is 2.93 bits per heavy atom. The molecule has 0 spiro atoms. The van der Waals surface area contributed by atoms with E-state index in [0.29, 0.717) is 16.8 Å². The lowest BCUT2D eigenvalue weighted by molar-refractivity contribution is 0.288. The topological polar surface area (TPSA) is 22.1 Å². The van der Waals surface area contributed by atoms with E-state index in [4.69, 9.17) is 27.9 Å². The average Bonchev–Trinajstić information content (AvgIpc) is 3.00. The largest absolute Gasteiger partial charge is 0.477 e. The molecular formula is C10H11Cl2NO. The van der Waals surface area contributed by atoms with Crippen LogP contribution in [0.15, 0.2) is 12.3 Å². The first-order chi connectivity index (χ1) is 6.79. The zero-order valence-corrected chi connectivity index (χ0v) is 9.18. The molecule has 0 amide bonds. The molecule has 2 rings (SSSR count). The van der Waals surface area contributed by atoms with Gasteiger partial charge in [-0.05, 0) is 24.3 Å². The molecule has 1 aromatic rings. The Hall–Kier alpha value is -0.470. The van der Waals surface area contributed by atoms with Crippen molar-refractivity contribution in [3.05, 3.63) is 22.8 Å². The van der Waals surface area contributed by atoms with Gasteiger partial charge in [-0.1, -0.05) is 11.6 Å². The molecule has 0 radical (unpaired) electrons. The molecule has 2 nitrogen and oxygen atoms in total. The van der Waals surface area contributed by atoms with E-state index in [1.54, 1.807) is 12.3 Å². The number of hydrogen-bond acceptors (Lipinski definition) is 2. The summed E-state index contributed by atoms with van der Waals surface area (Å²) in [6.07, 6.45) is 4.13. The van der Waals surface area contributed by atoms with E-state index in [9.17, 15) is 0 Å². The highest BCUT2D eigenvalue weighted by atomic mass is 35.5. The van der Waals surface area contributed by atoms with Crippen LogP contribution in [0.5, 0.6) is 5.88 Å². The van der Waals surface area contributed by atoms with Gasteiger partial charge in [0.05, 0.1) is 11.6 Å². The lowest BCUT2D eigenvalue weighted by Crippen LogP contribution is -2.01. The minimum Gasteiger partial charge on any atom is -0.477 e. The second-order valence-electron chi connectivity index (χ2n) is 3.50. The fraction of sp³-hybridized carbons (Fsp3) is 0.500. The number of pyridine rings is 1. The van der Waals surface area contributed by atoms with Gasteiger partial charge in [0, 0.05) is 18.1 Å². The predicted octanol–water partition coefficient (Wildman–Crippen LogP) is 3.26. The molecule has 1 aliphatic carbocycles. The summed E-state index contributed by atoms with van der Waals surface area (Å²) in [7, 11) is 0. The Balaban J connectivity index is 2.01. The molecule has 0 aliphatic heterocycles. The van der Waals surface area contributed by atoms with E-state index in [0.717, 1.165) is 18.1 Å². The first-order valence-corrected chi connectivity index (χ1v) is 5.54. The third-order valence-electron chi connectivity index (χ3n) is 2.22. The maximum atomic E-state index is 5.87. The van der Waals surface area contributed by atoms with Crippen molar-refractivity contribution in [2.75, 3.05) is 6.61 Å². The van der Waals surface area contributed by atoms with Crippen molar-refractivity contribution in [2.45, 2.75) is 18.7 Å². The highest BCUT2D eigenvalue weighted by molar-refractivity contribution is 6.32. The summed E-state index contributed by atoms with van der Waals surface area (Å²) in [6.45, 7) is 0.760. The Labute approximate surface area is 93.2 Å². The number of rotatable bonds is 4. The summed E-state index contributed by atoms with van der Waals surface area (Å²) in [6, 6.07) is 1.80. The van der Waals surface area contributed by atoms with Gasteiger partial charge in [-0.15, -0.1) is 11.6 Å². The van der Waals surface area contributed by atoms with E-state index >= 15 is 0 Å². The second kappa shape index (κ2) is 4.37. The molecule has 0 N–H and O–H groups in total. The molecule has 4 heteroatoms. The van der Waals surface area contributed by atoms with Crippen LogP contribution in [-0.2, 0) is 5.88 Å². The molecule has 0 saturated heterocycles. The van der Waals surface area contributed by atoms with E-state index < -0.39 is 0 Å². The standard InChI is InChI=1S/C10H11Cl2NO/c11-4-8-3-10(13-5-9(8)12)14-6-7-1-2-7/h3,5,7H,1-2,4,6H2. The Morgan fingerprint density at radius 2 is 2.29 bits per heavy atom. The van der Waals surface area contributed by atoms with E-state index in [-0.39, 0.29) is 0 Å². The Bertz CT molecular complexity index is 326. The smallest absolute Gasteiger partial charge is 0.213 e. The lowest BCUT2D eigenvalue weighted by Gasteiger charge is -2.05. The summed E-state index contributed by atoms with van der Waals surface area (Å²) < 4.78 is 5.50. The van der Waals surface area contributed by atoms with Gasteiger partial charge >= 0.3 is 0 Å². The number of nitrogens with zero attached hydrogens (tertiary/aromatic N) is 1. The Morgan fingerprint density at radius 1 is 1.50 bits per heavy atom. The van der Waals surface area contributed by atoms with Gasteiger partial charge in [0.25, 0.3) is 0 Å². The molecule has 0 unspecified atom stereocenters. The first kappa shape index (κ1) is 10.1. The molecular weight excluding hydrogens is 221 g/mol. The minimum atomic E-state index is 0.390. The molecule has 0 bridgehead atoms. The summed E-state index contributed by atoms with van der Waals surface area (Å²) >= 11 is 11.6. The van der Waals surface area contributed by atoms with Gasteiger partial charge in [-0.2, -0.15) is 0 Å². The number of halogens is 2. The first-order valence-electron chi connectivity index (χ1n) is 4.63. The van der Waals surface area contributed by atoms with E-state index in [1.807, 2.05) is 0 Å². The summed E-state index contributed by atoms with van der Waals surface area (Å²) in [5.74, 6) is 1.74. The normalized spacial score (nSPS) is 15.6. The van der Waals surface area contributed by atoms with Crippen LogP contribution in [0, 0.1) is 5.92 Å². The second-order valence-corrected chi connectivity index (χ2v) is 4.18. The third kappa shape index (κ3) is 2.52. The number of ether oxygens (including phenoxy) is 1. The quantitative estimate of drug-likeness (QED) is 0.743. The molecule has 1 saturated carbocycles. The van der Waals surface area contributed by atoms with Crippen molar-refractivity contribution in [1.29, 1.82) is 0 Å². The number of hydrogen-bond donors (Lipinski definition) is 0. The van der Waals surface area contributed by atoms with Crippen LogP contribution in [0.25, 0.3) is 0 Å². The van der Waals surface area contributed by atoms with Crippen LogP contribution in [0.1, 0.15) is 18.4 Å². The zero-order valence-electron chi connectivity index (χ0n) is 7.67. The predicted molar refractivity (Wildman–Crippen MR) is 57.0 cm³/mol. The molecule has 1 fully saturated rings. The molecule has 0 aromatic carbocycles. The monoisotopic (exact) mass is 231 g/mol. The van der Waals surface area contributed by atoms with Gasteiger partial charge in [0.15, 0.2) is 0 Å². The van der Waals surface area contributed by atoms with Gasteiger partial charge < -0.3 is 4.74 Å². The average molecular weight is 232 g/mol. The summed E-state index contributed by atoms with van der Waals surface area (Å²) in [4.78, 5) is 4.07. The van der Waals surface area contributed by atoms with E-state index in [1.165, 1.54) is 12.8 Å². The molecule has 76 valence electrons. The molecule has 1 heterocycles. The van der Waals surface area contributed by atoms with Crippen LogP contribution < -0.4 is 4.74 Å². The SMILES string of the molecule is ClCc1cc(OCC2CC2)ncc1Cl. The van der Waals surface area contributed by atoms with Crippen molar-refractivity contribution in [2.24, 2.45) is 5.92 Å². The fourth-order valence-electron chi connectivity index (χ4n) is 1.13. The maximum absolute atomic E-state index is 5.87. The van der Waals surface area contributed by atoms with Gasteiger partial charge in [0.2, 0.25) is 5.88 Å². The van der Waals surface area contributed by atoms with E-state index in [2.05, 4.69) is 4.98 Å². The van der Waals surface area contributed by atoms with Gasteiger partial charge in [-0.3, -0.25) is 0 Å². The highest BCUT2D eigenvalue weighted by Crippen LogP contribution is 2.29. The summed E-state index contributed by atoms with van der Waals surface area (Å²) in [5.41, 5.74) is 0.870. The van der Waals surface area contributed by atoms with Crippen molar-refractivity contribution in [3.8, 4) is 5.88 Å². The molecule has 1 aromatic heterocycles. The van der Waals surface area contributed by atoms with Crippen LogP contribution in [-0.4, -0.2) is 11.6 Å². The number of alkyl halides is 1. The van der Waals surface area contributed by atoms with Crippen LogP contribution >= 0.6 is 23.2 Å². The van der Waals surface area contributed by atoms with Gasteiger partial charge in [0.1, 0.15) is 0 Å². The van der Waals surface area contributed by atoms with Crippen LogP contribution in [0.4, 0.5) is 0 Å².